The molecule has 1 amide bonds. The van der Waals surface area contributed by atoms with Gasteiger partial charge in [-0.2, -0.15) is 5.10 Å². The van der Waals surface area contributed by atoms with Gasteiger partial charge in [0.15, 0.2) is 5.43 Å². The number of carbonyl (C=O) groups is 1. The molecule has 1 aromatic carbocycles. The fourth-order valence-electron chi connectivity index (χ4n) is 2.09. The van der Waals surface area contributed by atoms with Crippen molar-refractivity contribution in [3.8, 4) is 0 Å². The smallest absolute Gasteiger partial charge is 0.268 e. The van der Waals surface area contributed by atoms with E-state index in [0.717, 1.165) is 0 Å². The summed E-state index contributed by atoms with van der Waals surface area (Å²) in [5.41, 5.74) is 0.648. The standard InChI is InChI=1S/C14H13N5O2/c1-8(13-15-7-16-19-13)17-14(21)11-6-12(20)9-4-2-3-5-10(9)18-11/h2-8H,1H3,(H,17,21)(H,18,20)(H,15,16,19). The third kappa shape index (κ3) is 2.53. The number of aromatic amines is 2. The number of benzene rings is 1. The van der Waals surface area contributed by atoms with Gasteiger partial charge in [0.2, 0.25) is 0 Å². The maximum atomic E-state index is 12.2. The highest BCUT2D eigenvalue weighted by atomic mass is 16.2. The van der Waals surface area contributed by atoms with E-state index in [1.807, 2.05) is 0 Å². The third-order valence-electron chi connectivity index (χ3n) is 3.17. The number of hydrogen-bond donors (Lipinski definition) is 3. The number of fused-ring (bicyclic) bond motifs is 1. The number of hydrogen-bond acceptors (Lipinski definition) is 4. The first-order chi connectivity index (χ1) is 10.1. The highest BCUT2D eigenvalue weighted by Crippen LogP contribution is 2.09. The van der Waals surface area contributed by atoms with Crippen LogP contribution in [0.4, 0.5) is 0 Å². The van der Waals surface area contributed by atoms with Crippen LogP contribution >= 0.6 is 0 Å². The minimum atomic E-state index is -0.373. The van der Waals surface area contributed by atoms with Crippen molar-refractivity contribution in [2.24, 2.45) is 0 Å². The molecule has 0 bridgehead atoms. The summed E-state index contributed by atoms with van der Waals surface area (Å²) in [5.74, 6) is 0.174. The van der Waals surface area contributed by atoms with Crippen LogP contribution in [0.15, 0.2) is 41.5 Å². The maximum absolute atomic E-state index is 12.2. The van der Waals surface area contributed by atoms with Crippen molar-refractivity contribution in [2.45, 2.75) is 13.0 Å². The molecule has 106 valence electrons. The largest absolute Gasteiger partial charge is 0.350 e. The Morgan fingerprint density at radius 1 is 1.33 bits per heavy atom. The summed E-state index contributed by atoms with van der Waals surface area (Å²) in [7, 11) is 0. The van der Waals surface area contributed by atoms with E-state index in [1.54, 1.807) is 31.2 Å². The normalized spacial score (nSPS) is 12.2. The number of rotatable bonds is 3. The number of nitrogens with one attached hydrogen (secondary N) is 3. The van der Waals surface area contributed by atoms with E-state index in [1.165, 1.54) is 12.4 Å². The zero-order chi connectivity index (χ0) is 14.8. The lowest BCUT2D eigenvalue weighted by Crippen LogP contribution is -2.29. The average Bonchev–Trinajstić information content (AvgIpc) is 3.01. The summed E-state index contributed by atoms with van der Waals surface area (Å²) in [5, 5.41) is 9.72. The summed E-state index contributed by atoms with van der Waals surface area (Å²) >= 11 is 0. The van der Waals surface area contributed by atoms with Crippen LogP contribution in [-0.2, 0) is 0 Å². The Morgan fingerprint density at radius 3 is 2.90 bits per heavy atom. The second-order valence-corrected chi connectivity index (χ2v) is 4.66. The lowest BCUT2D eigenvalue weighted by atomic mass is 10.2. The van der Waals surface area contributed by atoms with Gasteiger partial charge >= 0.3 is 0 Å². The van der Waals surface area contributed by atoms with Gasteiger partial charge in [0.25, 0.3) is 5.91 Å². The molecule has 2 heterocycles. The molecule has 0 spiro atoms. The van der Waals surface area contributed by atoms with Crippen molar-refractivity contribution in [1.82, 2.24) is 25.5 Å². The Kier molecular flexibility index (Phi) is 3.23. The number of carbonyl (C=O) groups excluding carboxylic acids is 1. The van der Waals surface area contributed by atoms with Crippen LogP contribution in [0.3, 0.4) is 0 Å². The lowest BCUT2D eigenvalue weighted by Gasteiger charge is -2.11. The van der Waals surface area contributed by atoms with Gasteiger partial charge < -0.3 is 10.3 Å². The SMILES string of the molecule is CC(NC(=O)c1cc(=O)c2ccccc2[nH]1)c1ncn[nH]1. The summed E-state index contributed by atoms with van der Waals surface area (Å²) in [6.45, 7) is 1.78. The van der Waals surface area contributed by atoms with Gasteiger partial charge in [-0.25, -0.2) is 4.98 Å². The summed E-state index contributed by atoms with van der Waals surface area (Å²) in [6.07, 6.45) is 1.37. The van der Waals surface area contributed by atoms with E-state index in [9.17, 15) is 9.59 Å². The van der Waals surface area contributed by atoms with E-state index < -0.39 is 0 Å². The molecule has 0 aliphatic carbocycles. The molecule has 0 aliphatic heterocycles. The van der Waals surface area contributed by atoms with Crippen LogP contribution in [0.2, 0.25) is 0 Å². The molecular weight excluding hydrogens is 270 g/mol. The van der Waals surface area contributed by atoms with Crippen LogP contribution in [0.1, 0.15) is 29.3 Å². The van der Waals surface area contributed by atoms with Crippen molar-refractivity contribution in [3.63, 3.8) is 0 Å². The van der Waals surface area contributed by atoms with Crippen LogP contribution < -0.4 is 10.7 Å². The number of H-pyrrole nitrogens is 2. The summed E-state index contributed by atoms with van der Waals surface area (Å²) < 4.78 is 0. The number of amides is 1. The number of para-hydroxylation sites is 1. The van der Waals surface area contributed by atoms with Gasteiger partial charge in [-0.05, 0) is 19.1 Å². The van der Waals surface area contributed by atoms with Gasteiger partial charge in [-0.1, -0.05) is 12.1 Å². The van der Waals surface area contributed by atoms with Crippen molar-refractivity contribution in [2.75, 3.05) is 0 Å². The highest BCUT2D eigenvalue weighted by molar-refractivity contribution is 5.94. The van der Waals surface area contributed by atoms with Crippen LogP contribution in [-0.4, -0.2) is 26.1 Å². The van der Waals surface area contributed by atoms with Crippen molar-refractivity contribution in [3.05, 3.63) is 58.4 Å². The monoisotopic (exact) mass is 283 g/mol. The second kappa shape index (κ2) is 5.20. The molecule has 1 unspecified atom stereocenters. The molecule has 3 aromatic rings. The second-order valence-electron chi connectivity index (χ2n) is 4.66. The predicted octanol–water partition coefficient (Wildman–Crippen LogP) is 1.14. The fraction of sp³-hybridized carbons (Fsp3) is 0.143. The molecule has 0 aliphatic rings. The summed E-state index contributed by atoms with van der Waals surface area (Å²) in [4.78, 5) is 31.1. The molecule has 0 radical (unpaired) electrons. The Morgan fingerprint density at radius 2 is 2.14 bits per heavy atom. The molecule has 7 nitrogen and oxygen atoms in total. The highest BCUT2D eigenvalue weighted by Gasteiger charge is 2.15. The Bertz CT molecular complexity index is 838. The molecule has 2 aromatic heterocycles. The van der Waals surface area contributed by atoms with E-state index in [2.05, 4.69) is 25.5 Å². The Hall–Kier alpha value is -2.96. The number of aromatic nitrogens is 4. The Labute approximate surface area is 119 Å². The van der Waals surface area contributed by atoms with E-state index in [-0.39, 0.29) is 23.1 Å². The molecule has 3 N–H and O–H groups in total. The third-order valence-corrected chi connectivity index (χ3v) is 3.17. The first-order valence-corrected chi connectivity index (χ1v) is 6.43. The van der Waals surface area contributed by atoms with Gasteiger partial charge in [-0.3, -0.25) is 14.7 Å². The van der Waals surface area contributed by atoms with E-state index >= 15 is 0 Å². The Balaban J connectivity index is 1.90. The minimum absolute atomic E-state index is 0.193. The average molecular weight is 283 g/mol. The van der Waals surface area contributed by atoms with Crippen molar-refractivity contribution in [1.29, 1.82) is 0 Å². The summed E-state index contributed by atoms with van der Waals surface area (Å²) in [6, 6.07) is 8.01. The lowest BCUT2D eigenvalue weighted by molar-refractivity contribution is 0.0933. The molecule has 0 saturated heterocycles. The maximum Gasteiger partial charge on any atom is 0.268 e. The number of nitrogens with zero attached hydrogens (tertiary/aromatic N) is 2. The predicted molar refractivity (Wildman–Crippen MR) is 76.8 cm³/mol. The molecule has 1 atom stereocenters. The quantitative estimate of drug-likeness (QED) is 0.670. The van der Waals surface area contributed by atoms with Gasteiger partial charge in [0.05, 0.1) is 6.04 Å². The van der Waals surface area contributed by atoms with Crippen LogP contribution in [0.5, 0.6) is 0 Å². The van der Waals surface area contributed by atoms with Crippen LogP contribution in [0.25, 0.3) is 10.9 Å². The first kappa shape index (κ1) is 13.0. The van der Waals surface area contributed by atoms with Crippen LogP contribution in [0, 0.1) is 0 Å². The molecule has 3 rings (SSSR count). The minimum Gasteiger partial charge on any atom is -0.350 e. The topological polar surface area (TPSA) is 104 Å². The fourth-order valence-corrected chi connectivity index (χ4v) is 2.09. The van der Waals surface area contributed by atoms with Crippen molar-refractivity contribution < 1.29 is 4.79 Å². The van der Waals surface area contributed by atoms with E-state index in [4.69, 9.17) is 0 Å². The van der Waals surface area contributed by atoms with Crippen molar-refractivity contribution >= 4 is 16.8 Å². The van der Waals surface area contributed by atoms with Gasteiger partial charge in [0.1, 0.15) is 17.8 Å². The van der Waals surface area contributed by atoms with Gasteiger partial charge in [0, 0.05) is 17.0 Å². The first-order valence-electron chi connectivity index (χ1n) is 6.43. The molecular formula is C14H13N5O2. The molecule has 21 heavy (non-hydrogen) atoms. The zero-order valence-electron chi connectivity index (χ0n) is 11.3. The molecule has 0 saturated carbocycles. The zero-order valence-corrected chi connectivity index (χ0v) is 11.3. The molecule has 0 fully saturated rings. The molecule has 7 heteroatoms. The number of pyridine rings is 1. The van der Waals surface area contributed by atoms with E-state index in [0.29, 0.717) is 16.7 Å². The van der Waals surface area contributed by atoms with Gasteiger partial charge in [-0.15, -0.1) is 0 Å².